The molecule has 1 unspecified atom stereocenters. The molecule has 3 aliphatic carbocycles. The monoisotopic (exact) mass is 894 g/mol. The van der Waals surface area contributed by atoms with Gasteiger partial charge in [-0.15, -0.1) is 46.7 Å². The minimum absolute atomic E-state index is 0. The van der Waals surface area contributed by atoms with E-state index in [1.807, 2.05) is 0 Å². The summed E-state index contributed by atoms with van der Waals surface area (Å²) in [6, 6.07) is 21.3. The summed E-state index contributed by atoms with van der Waals surface area (Å²) in [6.45, 7) is 20.2. The van der Waals surface area contributed by atoms with Crippen molar-refractivity contribution in [2.24, 2.45) is 5.92 Å². The maximum absolute atomic E-state index is 12.7. The fourth-order valence-electron chi connectivity index (χ4n) is 8.08. The molecule has 0 N–H and O–H groups in total. The van der Waals surface area contributed by atoms with Crippen LogP contribution < -0.4 is 24.8 Å². The number of benzene rings is 4. The third-order valence-electron chi connectivity index (χ3n) is 10.9. The van der Waals surface area contributed by atoms with E-state index >= 15 is 0 Å². The first-order chi connectivity index (χ1) is 25.5. The number of halogens is 8. The van der Waals surface area contributed by atoms with Gasteiger partial charge in [0, 0.05) is 10.8 Å². The Morgan fingerprint density at radius 1 is 0.632 bits per heavy atom. The second-order valence-corrected chi connectivity index (χ2v) is 17.4. The van der Waals surface area contributed by atoms with Crippen LogP contribution in [0.3, 0.4) is 0 Å². The summed E-state index contributed by atoms with van der Waals surface area (Å²) in [4.78, 5) is 0. The van der Waals surface area contributed by atoms with Crippen LogP contribution in [-0.4, -0.2) is 3.21 Å². The van der Waals surface area contributed by atoms with Crippen molar-refractivity contribution < 1.29 is 75.4 Å². The summed E-state index contributed by atoms with van der Waals surface area (Å²) in [5.74, 6) is 0.551. The summed E-state index contributed by atoms with van der Waals surface area (Å²) < 4.78 is 76.7. The predicted molar refractivity (Wildman–Crippen MR) is 212 cm³/mol. The Morgan fingerprint density at radius 2 is 1.04 bits per heavy atom. The number of hydrogen-bond donors (Lipinski definition) is 0. The van der Waals surface area contributed by atoms with Gasteiger partial charge in [0.05, 0.1) is 0 Å². The van der Waals surface area contributed by atoms with Crippen molar-refractivity contribution in [3.05, 3.63) is 159 Å². The SMILES string of the molecule is CC1=CC(C)(C)c2cc3[cH-]c4cc5c(cc4c3cc21)C(C)=CC5(C)C.CC1=[C-]C(C)C=C1C.FC(F)(F)c1cccc([C](=[Zr+2])c2cccc(C(F)(F)F)c2)c1.[Cl-].[Cl-]. The summed E-state index contributed by atoms with van der Waals surface area (Å²) >= 11 is 0.729. The molecule has 298 valence electrons. The van der Waals surface area contributed by atoms with Crippen molar-refractivity contribution in [2.75, 3.05) is 0 Å². The second-order valence-electron chi connectivity index (χ2n) is 16.2. The summed E-state index contributed by atoms with van der Waals surface area (Å²) in [5.41, 5.74) is 10.5. The molecule has 9 heteroatoms. The Labute approximate surface area is 359 Å². The largest absolute Gasteiger partial charge is 1.00 e. The molecule has 5 aromatic rings. The van der Waals surface area contributed by atoms with Gasteiger partial charge in [-0.2, -0.15) is 6.08 Å². The molecule has 5 aromatic carbocycles. The van der Waals surface area contributed by atoms with Crippen molar-refractivity contribution in [2.45, 2.75) is 85.5 Å². The van der Waals surface area contributed by atoms with E-state index in [1.54, 1.807) is 0 Å². The molecule has 0 fully saturated rings. The number of alkyl halides is 6. The molecule has 0 saturated carbocycles. The Balaban J connectivity index is 0.000000207. The molecular formula is C48H44Cl2F6Zr-2. The standard InChI is InChI=1S/C25H25.C15H8F6.C8H11.2ClH.Zr/c1-14-12-24(3,4)22-8-16-7-17-9-23-19(15(2)13-25(23,5)6)11-21(17)20(16)10-18(14)22;16-14(17,18)12-5-1-3-10(8-12)7-11-4-2-6-13(9-11)15(19,20)21;1-6-4-7(2)8(3)5-6;;;/h7-13H,1-6H3;1-6,8-9H;4,6H,1-3H3;2*1H;/q-1;;-1;;;+2/p-2. The number of hydrogen-bond acceptors (Lipinski definition) is 0. The van der Waals surface area contributed by atoms with E-state index in [9.17, 15) is 26.3 Å². The van der Waals surface area contributed by atoms with Gasteiger partial charge in [-0.25, -0.2) is 11.1 Å². The zero-order valence-electron chi connectivity index (χ0n) is 33.3. The van der Waals surface area contributed by atoms with Gasteiger partial charge in [-0.1, -0.05) is 82.9 Å². The molecule has 0 saturated heterocycles. The minimum atomic E-state index is -4.49. The van der Waals surface area contributed by atoms with Crippen molar-refractivity contribution >= 4 is 35.9 Å². The molecule has 0 heterocycles. The van der Waals surface area contributed by atoms with Crippen molar-refractivity contribution in [1.82, 2.24) is 0 Å². The zero-order chi connectivity index (χ0) is 40.4. The smallest absolute Gasteiger partial charge is 1.00 e. The third kappa shape index (κ3) is 9.58. The molecule has 3 aliphatic rings. The maximum atomic E-state index is 12.7. The molecule has 8 rings (SSSR count). The van der Waals surface area contributed by atoms with Gasteiger partial charge in [0.1, 0.15) is 0 Å². The van der Waals surface area contributed by atoms with Gasteiger partial charge >= 0.3 is 137 Å². The van der Waals surface area contributed by atoms with E-state index in [-0.39, 0.29) is 46.8 Å². The number of rotatable bonds is 2. The van der Waals surface area contributed by atoms with E-state index in [4.69, 9.17) is 0 Å². The van der Waals surface area contributed by atoms with Crippen LogP contribution in [0.5, 0.6) is 0 Å². The Morgan fingerprint density at radius 3 is 1.35 bits per heavy atom. The Hall–Kier alpha value is -3.38. The van der Waals surface area contributed by atoms with Crippen LogP contribution in [0.4, 0.5) is 26.3 Å². The molecule has 0 bridgehead atoms. The minimum Gasteiger partial charge on any atom is -1.00 e. The maximum Gasteiger partial charge on any atom is -1.00 e. The van der Waals surface area contributed by atoms with E-state index in [0.717, 1.165) is 48.5 Å². The van der Waals surface area contributed by atoms with E-state index < -0.39 is 23.5 Å². The van der Waals surface area contributed by atoms with Crippen LogP contribution in [0.15, 0.2) is 108 Å². The molecular weight excluding hydrogens is 853 g/mol. The van der Waals surface area contributed by atoms with E-state index in [1.165, 1.54) is 90.4 Å². The molecule has 0 spiro atoms. The summed E-state index contributed by atoms with van der Waals surface area (Å²) in [6.07, 6.45) is 1.37. The topological polar surface area (TPSA) is 0 Å². The van der Waals surface area contributed by atoms with Crippen molar-refractivity contribution in [1.29, 1.82) is 0 Å². The third-order valence-corrected chi connectivity index (χ3v) is 12.3. The van der Waals surface area contributed by atoms with Crippen LogP contribution in [0.1, 0.15) is 107 Å². The average molecular weight is 897 g/mol. The van der Waals surface area contributed by atoms with Gasteiger partial charge in [0.15, 0.2) is 0 Å². The van der Waals surface area contributed by atoms with Crippen LogP contribution >= 0.6 is 0 Å². The first kappa shape index (κ1) is 46.3. The molecule has 0 aliphatic heterocycles. The molecule has 0 aromatic heterocycles. The van der Waals surface area contributed by atoms with Crippen molar-refractivity contribution in [3.8, 4) is 0 Å². The van der Waals surface area contributed by atoms with E-state index in [2.05, 4.69) is 117 Å². The van der Waals surface area contributed by atoms with Gasteiger partial charge < -0.3 is 24.8 Å². The normalized spacial score (nSPS) is 17.4. The van der Waals surface area contributed by atoms with Crippen LogP contribution in [-0.2, 0) is 47.4 Å². The number of fused-ring (bicyclic) bond motifs is 5. The molecule has 0 nitrogen and oxygen atoms in total. The molecule has 0 amide bonds. The van der Waals surface area contributed by atoms with Crippen LogP contribution in [0.25, 0.3) is 32.7 Å². The zero-order valence-corrected chi connectivity index (χ0v) is 37.3. The van der Waals surface area contributed by atoms with Gasteiger partial charge in [0.25, 0.3) is 0 Å². The van der Waals surface area contributed by atoms with Gasteiger partial charge in [-0.05, 0) is 36.1 Å². The van der Waals surface area contributed by atoms with Gasteiger partial charge in [0.2, 0.25) is 0 Å². The Bertz CT molecular complexity index is 2320. The van der Waals surface area contributed by atoms with Gasteiger partial charge in [-0.3, -0.25) is 6.08 Å². The number of allylic oxidation sites excluding steroid dienone is 8. The fraction of sp³-hybridized carbons (Fsp3) is 0.292. The second kappa shape index (κ2) is 16.7. The Kier molecular flexibility index (Phi) is 13.6. The van der Waals surface area contributed by atoms with Crippen LogP contribution in [0, 0.1) is 12.0 Å². The average Bonchev–Trinajstić information content (AvgIpc) is 3.75. The molecule has 0 radical (unpaired) electrons. The molecule has 1 atom stereocenters. The first-order valence-corrected chi connectivity index (χ1v) is 19.5. The first-order valence-electron chi connectivity index (χ1n) is 18.3. The molecule has 57 heavy (non-hydrogen) atoms. The predicted octanol–water partition coefficient (Wildman–Crippen LogP) is 8.28. The summed E-state index contributed by atoms with van der Waals surface area (Å²) in [5, 5.41) is 5.57. The van der Waals surface area contributed by atoms with Crippen molar-refractivity contribution in [3.63, 3.8) is 0 Å². The fourth-order valence-corrected chi connectivity index (χ4v) is 8.85. The summed E-state index contributed by atoms with van der Waals surface area (Å²) in [7, 11) is 0. The van der Waals surface area contributed by atoms with Crippen LogP contribution in [0.2, 0.25) is 0 Å². The quantitative estimate of drug-likeness (QED) is 0.124. The van der Waals surface area contributed by atoms with E-state index in [0.29, 0.717) is 9.12 Å².